The Kier molecular flexibility index (Phi) is 3.63. The van der Waals surface area contributed by atoms with Crippen LogP contribution in [-0.2, 0) is 6.18 Å². The van der Waals surface area contributed by atoms with Gasteiger partial charge in [-0.2, -0.15) is 13.2 Å². The number of benzene rings is 2. The Morgan fingerprint density at radius 3 is 2.23 bits per heavy atom. The van der Waals surface area contributed by atoms with Gasteiger partial charge >= 0.3 is 6.18 Å². The van der Waals surface area contributed by atoms with E-state index in [0.717, 1.165) is 6.07 Å². The molecule has 5 heteroatoms. The molecule has 0 aliphatic heterocycles. The molecule has 3 aromatic rings. The number of para-hydroxylation sites is 1. The lowest BCUT2D eigenvalue weighted by atomic mass is 10.0. The SMILES string of the molecule is FC(F)(F)c1cc(Oc2ccccc2)ccc1-c1ccco1. The molecule has 0 N–H and O–H groups in total. The first-order chi connectivity index (χ1) is 10.5. The minimum atomic E-state index is -4.50. The zero-order valence-electron chi connectivity index (χ0n) is 11.3. The molecule has 0 aliphatic rings. The molecular weight excluding hydrogens is 293 g/mol. The van der Waals surface area contributed by atoms with E-state index in [1.807, 2.05) is 0 Å². The van der Waals surface area contributed by atoms with Crippen molar-refractivity contribution in [2.24, 2.45) is 0 Å². The first-order valence-electron chi connectivity index (χ1n) is 6.52. The van der Waals surface area contributed by atoms with Crippen molar-refractivity contribution in [1.82, 2.24) is 0 Å². The van der Waals surface area contributed by atoms with Gasteiger partial charge in [-0.05, 0) is 42.5 Å². The fourth-order valence-electron chi connectivity index (χ4n) is 2.09. The summed E-state index contributed by atoms with van der Waals surface area (Å²) in [7, 11) is 0. The number of ether oxygens (including phenoxy) is 1. The topological polar surface area (TPSA) is 22.4 Å². The molecule has 2 aromatic carbocycles. The van der Waals surface area contributed by atoms with E-state index in [4.69, 9.17) is 9.15 Å². The van der Waals surface area contributed by atoms with Crippen LogP contribution in [0.5, 0.6) is 11.5 Å². The molecule has 0 spiro atoms. The van der Waals surface area contributed by atoms with Gasteiger partial charge in [0.2, 0.25) is 0 Å². The predicted molar refractivity (Wildman–Crippen MR) is 75.7 cm³/mol. The van der Waals surface area contributed by atoms with Gasteiger partial charge in [0.05, 0.1) is 11.8 Å². The van der Waals surface area contributed by atoms with Crippen LogP contribution in [-0.4, -0.2) is 0 Å². The highest BCUT2D eigenvalue weighted by Gasteiger charge is 2.35. The highest BCUT2D eigenvalue weighted by molar-refractivity contribution is 5.64. The van der Waals surface area contributed by atoms with E-state index in [1.165, 1.54) is 24.5 Å². The number of hydrogen-bond acceptors (Lipinski definition) is 2. The molecule has 0 amide bonds. The van der Waals surface area contributed by atoms with E-state index in [1.54, 1.807) is 36.4 Å². The summed E-state index contributed by atoms with van der Waals surface area (Å²) in [5.74, 6) is 0.758. The molecule has 0 fully saturated rings. The molecule has 0 unspecified atom stereocenters. The Morgan fingerprint density at radius 1 is 0.818 bits per heavy atom. The third kappa shape index (κ3) is 2.98. The lowest BCUT2D eigenvalue weighted by molar-refractivity contribution is -0.137. The van der Waals surface area contributed by atoms with Gasteiger partial charge in [0.1, 0.15) is 17.3 Å². The summed E-state index contributed by atoms with van der Waals surface area (Å²) in [6.45, 7) is 0. The van der Waals surface area contributed by atoms with Gasteiger partial charge < -0.3 is 9.15 Å². The summed E-state index contributed by atoms with van der Waals surface area (Å²) in [6.07, 6.45) is -3.16. The summed E-state index contributed by atoms with van der Waals surface area (Å²) in [5, 5.41) is 0. The number of rotatable bonds is 3. The maximum atomic E-state index is 13.3. The smallest absolute Gasteiger partial charge is 0.417 e. The average Bonchev–Trinajstić information content (AvgIpc) is 3.01. The van der Waals surface area contributed by atoms with Gasteiger partial charge in [0, 0.05) is 5.56 Å². The van der Waals surface area contributed by atoms with Crippen LogP contribution in [0.4, 0.5) is 13.2 Å². The maximum absolute atomic E-state index is 13.3. The van der Waals surface area contributed by atoms with Crippen LogP contribution < -0.4 is 4.74 Å². The van der Waals surface area contributed by atoms with Crippen LogP contribution in [0, 0.1) is 0 Å². The van der Waals surface area contributed by atoms with Crippen molar-refractivity contribution in [3.63, 3.8) is 0 Å². The van der Waals surface area contributed by atoms with E-state index in [9.17, 15) is 13.2 Å². The molecule has 0 saturated carbocycles. The van der Waals surface area contributed by atoms with E-state index < -0.39 is 11.7 Å². The lowest BCUT2D eigenvalue weighted by Crippen LogP contribution is -2.07. The quantitative estimate of drug-likeness (QED) is 0.614. The third-order valence-electron chi connectivity index (χ3n) is 3.06. The van der Waals surface area contributed by atoms with Crippen LogP contribution in [0.2, 0.25) is 0 Å². The van der Waals surface area contributed by atoms with E-state index in [2.05, 4.69) is 0 Å². The van der Waals surface area contributed by atoms with Crippen LogP contribution in [0.25, 0.3) is 11.3 Å². The molecule has 0 atom stereocenters. The average molecular weight is 304 g/mol. The Morgan fingerprint density at radius 2 is 1.59 bits per heavy atom. The van der Waals surface area contributed by atoms with E-state index in [-0.39, 0.29) is 17.1 Å². The molecule has 0 bridgehead atoms. The van der Waals surface area contributed by atoms with Gasteiger partial charge in [-0.15, -0.1) is 0 Å². The third-order valence-corrected chi connectivity index (χ3v) is 3.06. The number of halogens is 3. The van der Waals surface area contributed by atoms with Crippen molar-refractivity contribution in [2.75, 3.05) is 0 Å². The van der Waals surface area contributed by atoms with Gasteiger partial charge in [-0.25, -0.2) is 0 Å². The van der Waals surface area contributed by atoms with Crippen LogP contribution in [0.15, 0.2) is 71.3 Å². The second-order valence-electron chi connectivity index (χ2n) is 4.60. The predicted octanol–water partition coefficient (Wildman–Crippen LogP) is 5.76. The van der Waals surface area contributed by atoms with Crippen LogP contribution in [0.1, 0.15) is 5.56 Å². The Labute approximate surface area is 124 Å². The number of alkyl halides is 3. The van der Waals surface area contributed by atoms with Crippen molar-refractivity contribution >= 4 is 0 Å². The normalized spacial score (nSPS) is 11.4. The summed E-state index contributed by atoms with van der Waals surface area (Å²) in [4.78, 5) is 0. The molecule has 0 aliphatic carbocycles. The van der Waals surface area contributed by atoms with E-state index in [0.29, 0.717) is 5.75 Å². The van der Waals surface area contributed by atoms with Crippen molar-refractivity contribution < 1.29 is 22.3 Å². The van der Waals surface area contributed by atoms with Gasteiger partial charge in [0.25, 0.3) is 0 Å². The molecule has 0 saturated heterocycles. The highest BCUT2D eigenvalue weighted by Crippen LogP contribution is 2.39. The maximum Gasteiger partial charge on any atom is 0.417 e. The van der Waals surface area contributed by atoms with Crippen molar-refractivity contribution in [3.8, 4) is 22.8 Å². The minimum Gasteiger partial charge on any atom is -0.464 e. The Balaban J connectivity index is 2.01. The molecule has 2 nitrogen and oxygen atoms in total. The zero-order chi connectivity index (χ0) is 15.6. The fourth-order valence-corrected chi connectivity index (χ4v) is 2.09. The first kappa shape index (κ1) is 14.3. The summed E-state index contributed by atoms with van der Waals surface area (Å²) in [5.41, 5.74) is -0.811. The molecule has 22 heavy (non-hydrogen) atoms. The van der Waals surface area contributed by atoms with Gasteiger partial charge in [-0.1, -0.05) is 18.2 Å². The highest BCUT2D eigenvalue weighted by atomic mass is 19.4. The van der Waals surface area contributed by atoms with E-state index >= 15 is 0 Å². The van der Waals surface area contributed by atoms with Gasteiger partial charge in [0.15, 0.2) is 0 Å². The standard InChI is InChI=1S/C17H11F3O2/c18-17(19,20)15-11-13(22-12-5-2-1-3-6-12)8-9-14(15)16-7-4-10-21-16/h1-11H. The number of furan rings is 1. The van der Waals surface area contributed by atoms with Crippen molar-refractivity contribution in [3.05, 3.63) is 72.5 Å². The minimum absolute atomic E-state index is 0.0158. The monoisotopic (exact) mass is 304 g/mol. The molecular formula is C17H11F3O2. The van der Waals surface area contributed by atoms with Crippen LogP contribution >= 0.6 is 0 Å². The summed E-state index contributed by atoms with van der Waals surface area (Å²) < 4.78 is 50.3. The fraction of sp³-hybridized carbons (Fsp3) is 0.0588. The largest absolute Gasteiger partial charge is 0.464 e. The molecule has 1 aromatic heterocycles. The summed E-state index contributed by atoms with van der Waals surface area (Å²) >= 11 is 0. The second-order valence-corrected chi connectivity index (χ2v) is 4.60. The van der Waals surface area contributed by atoms with Crippen molar-refractivity contribution in [2.45, 2.75) is 6.18 Å². The van der Waals surface area contributed by atoms with Gasteiger partial charge in [-0.3, -0.25) is 0 Å². The Bertz CT molecular complexity index is 747. The lowest BCUT2D eigenvalue weighted by Gasteiger charge is -2.13. The summed E-state index contributed by atoms with van der Waals surface area (Å²) in [6, 6.07) is 15.5. The molecule has 0 radical (unpaired) electrons. The molecule has 112 valence electrons. The first-order valence-corrected chi connectivity index (χ1v) is 6.52. The zero-order valence-corrected chi connectivity index (χ0v) is 11.3. The Hall–Kier alpha value is -2.69. The second kappa shape index (κ2) is 5.60. The number of hydrogen-bond donors (Lipinski definition) is 0. The van der Waals surface area contributed by atoms with Crippen molar-refractivity contribution in [1.29, 1.82) is 0 Å². The molecule has 1 heterocycles. The molecule has 3 rings (SSSR count). The van der Waals surface area contributed by atoms with Crippen LogP contribution in [0.3, 0.4) is 0 Å².